The van der Waals surface area contributed by atoms with Gasteiger partial charge in [0, 0.05) is 40.4 Å². The first kappa shape index (κ1) is 24.8. The topological polar surface area (TPSA) is 146 Å². The number of rotatable bonds is 10. The summed E-state index contributed by atoms with van der Waals surface area (Å²) in [6.07, 6.45) is 0. The van der Waals surface area contributed by atoms with Crippen LogP contribution >= 0.6 is 0 Å². The van der Waals surface area contributed by atoms with Crippen LogP contribution in [0, 0.1) is 0 Å². The fraction of sp³-hybridized carbons (Fsp3) is 0.389. The third-order valence-electron chi connectivity index (χ3n) is 4.13. The van der Waals surface area contributed by atoms with Crippen molar-refractivity contribution >= 4 is 31.7 Å². The number of carbonyl (C=O) groups is 1. The highest BCUT2D eigenvalue weighted by Crippen LogP contribution is 2.24. The molecule has 11 nitrogen and oxygen atoms in total. The normalized spacial score (nSPS) is 12.4. The molecular weight excluding hydrogens is 450 g/mol. The van der Waals surface area contributed by atoms with Crippen LogP contribution in [0.4, 0.5) is 5.69 Å². The van der Waals surface area contributed by atoms with Crippen molar-refractivity contribution in [3.63, 3.8) is 0 Å². The van der Waals surface area contributed by atoms with Crippen molar-refractivity contribution in [1.82, 2.24) is 8.61 Å². The SMILES string of the molecule is CN(C)S(=O)(=O)c1ccc(NCCO)c(C(=O)OCc2ccc(S(=O)(=O)N(C)C)o2)c1. The number of anilines is 1. The lowest BCUT2D eigenvalue weighted by Crippen LogP contribution is -2.23. The van der Waals surface area contributed by atoms with Crippen LogP contribution in [0.1, 0.15) is 16.1 Å². The number of aliphatic hydroxyl groups is 1. The molecule has 31 heavy (non-hydrogen) atoms. The number of benzene rings is 1. The van der Waals surface area contributed by atoms with Crippen molar-refractivity contribution in [3.8, 4) is 0 Å². The van der Waals surface area contributed by atoms with Gasteiger partial charge in [0.1, 0.15) is 12.4 Å². The van der Waals surface area contributed by atoms with E-state index in [-0.39, 0.29) is 46.8 Å². The van der Waals surface area contributed by atoms with Crippen LogP contribution in [-0.2, 0) is 31.4 Å². The molecule has 2 rings (SSSR count). The predicted molar refractivity (Wildman–Crippen MR) is 112 cm³/mol. The molecule has 1 aromatic heterocycles. The summed E-state index contributed by atoms with van der Waals surface area (Å²) in [4.78, 5) is 12.5. The van der Waals surface area contributed by atoms with E-state index in [9.17, 15) is 21.6 Å². The Labute approximate surface area is 181 Å². The van der Waals surface area contributed by atoms with E-state index in [2.05, 4.69) is 5.32 Å². The molecule has 0 spiro atoms. The van der Waals surface area contributed by atoms with Crippen LogP contribution in [0.15, 0.2) is 44.7 Å². The first-order chi connectivity index (χ1) is 14.4. The van der Waals surface area contributed by atoms with Gasteiger partial charge < -0.3 is 19.6 Å². The summed E-state index contributed by atoms with van der Waals surface area (Å²) in [5, 5.41) is 11.5. The van der Waals surface area contributed by atoms with Crippen molar-refractivity contribution in [3.05, 3.63) is 41.7 Å². The lowest BCUT2D eigenvalue weighted by Gasteiger charge is -2.15. The van der Waals surface area contributed by atoms with Gasteiger partial charge in [-0.2, -0.15) is 0 Å². The Balaban J connectivity index is 2.28. The molecular formula is C18H25N3O8S2. The number of nitrogens with one attached hydrogen (secondary N) is 1. The summed E-state index contributed by atoms with van der Waals surface area (Å²) in [6, 6.07) is 6.51. The second-order valence-corrected chi connectivity index (χ2v) is 11.0. The van der Waals surface area contributed by atoms with E-state index in [1.165, 1.54) is 58.5 Å². The van der Waals surface area contributed by atoms with Crippen molar-refractivity contribution in [2.75, 3.05) is 46.7 Å². The summed E-state index contributed by atoms with van der Waals surface area (Å²) in [5.41, 5.74) is 0.205. The maximum Gasteiger partial charge on any atom is 0.340 e. The summed E-state index contributed by atoms with van der Waals surface area (Å²) >= 11 is 0. The monoisotopic (exact) mass is 475 g/mol. The third-order valence-corrected chi connectivity index (χ3v) is 7.63. The Hall–Kier alpha value is -2.45. The number of hydrogen-bond acceptors (Lipinski definition) is 9. The summed E-state index contributed by atoms with van der Waals surface area (Å²) in [7, 11) is -2.14. The average Bonchev–Trinajstić information content (AvgIpc) is 3.20. The predicted octanol–water partition coefficient (Wildman–Crippen LogP) is 0.541. The van der Waals surface area contributed by atoms with E-state index in [0.717, 1.165) is 8.61 Å². The van der Waals surface area contributed by atoms with Crippen LogP contribution in [0.25, 0.3) is 0 Å². The molecule has 0 amide bonds. The minimum absolute atomic E-state index is 0.0657. The zero-order chi connectivity index (χ0) is 23.4. The number of nitrogens with zero attached hydrogens (tertiary/aromatic N) is 2. The number of furan rings is 1. The third kappa shape index (κ3) is 5.62. The van der Waals surface area contributed by atoms with E-state index >= 15 is 0 Å². The molecule has 0 saturated heterocycles. The lowest BCUT2D eigenvalue weighted by atomic mass is 10.2. The van der Waals surface area contributed by atoms with Gasteiger partial charge in [-0.05, 0) is 30.3 Å². The molecule has 0 aliphatic heterocycles. The van der Waals surface area contributed by atoms with Crippen LogP contribution in [-0.4, -0.2) is 77.9 Å². The molecule has 0 aliphatic carbocycles. The van der Waals surface area contributed by atoms with Gasteiger partial charge in [-0.1, -0.05) is 0 Å². The van der Waals surface area contributed by atoms with Crippen molar-refractivity contribution < 1.29 is 35.9 Å². The van der Waals surface area contributed by atoms with E-state index in [1.54, 1.807) is 0 Å². The number of ether oxygens (including phenoxy) is 1. The summed E-state index contributed by atoms with van der Waals surface area (Å²) in [5.74, 6) is -0.764. The molecule has 13 heteroatoms. The minimum atomic E-state index is -3.80. The molecule has 0 bridgehead atoms. The Morgan fingerprint density at radius 2 is 1.68 bits per heavy atom. The second-order valence-electron chi connectivity index (χ2n) is 6.73. The average molecular weight is 476 g/mol. The molecule has 0 radical (unpaired) electrons. The van der Waals surface area contributed by atoms with Gasteiger partial charge in [0.2, 0.25) is 15.1 Å². The highest BCUT2D eigenvalue weighted by Gasteiger charge is 2.24. The largest absolute Gasteiger partial charge is 0.454 e. The van der Waals surface area contributed by atoms with Crippen molar-refractivity contribution in [2.24, 2.45) is 0 Å². The lowest BCUT2D eigenvalue weighted by molar-refractivity contribution is 0.0441. The first-order valence-corrected chi connectivity index (χ1v) is 11.9. The molecule has 0 saturated carbocycles. The molecule has 2 N–H and O–H groups in total. The first-order valence-electron chi connectivity index (χ1n) is 9.01. The Bertz CT molecular complexity index is 1140. The smallest absolute Gasteiger partial charge is 0.340 e. The van der Waals surface area contributed by atoms with Crippen LogP contribution in [0.5, 0.6) is 0 Å². The van der Waals surface area contributed by atoms with Crippen molar-refractivity contribution in [1.29, 1.82) is 0 Å². The van der Waals surface area contributed by atoms with Crippen LogP contribution in [0.2, 0.25) is 0 Å². The number of aliphatic hydroxyl groups excluding tert-OH is 1. The number of sulfonamides is 2. The maximum absolute atomic E-state index is 12.7. The zero-order valence-corrected chi connectivity index (χ0v) is 19.2. The van der Waals surface area contributed by atoms with Gasteiger partial charge in [-0.3, -0.25) is 0 Å². The Morgan fingerprint density at radius 3 is 2.26 bits per heavy atom. The molecule has 2 aromatic rings. The van der Waals surface area contributed by atoms with Gasteiger partial charge in [-0.15, -0.1) is 0 Å². The molecule has 0 atom stereocenters. The molecule has 172 valence electrons. The second kappa shape index (κ2) is 9.78. The maximum atomic E-state index is 12.7. The van der Waals surface area contributed by atoms with Gasteiger partial charge in [0.05, 0.1) is 17.1 Å². The number of carbonyl (C=O) groups excluding carboxylic acids is 1. The van der Waals surface area contributed by atoms with Crippen LogP contribution < -0.4 is 5.32 Å². The quantitative estimate of drug-likeness (QED) is 0.470. The van der Waals surface area contributed by atoms with Gasteiger partial charge in [0.15, 0.2) is 0 Å². The zero-order valence-electron chi connectivity index (χ0n) is 17.5. The minimum Gasteiger partial charge on any atom is -0.454 e. The summed E-state index contributed by atoms with van der Waals surface area (Å²) in [6.45, 7) is -0.447. The van der Waals surface area contributed by atoms with E-state index in [0.29, 0.717) is 0 Å². The van der Waals surface area contributed by atoms with E-state index < -0.39 is 26.0 Å². The fourth-order valence-electron chi connectivity index (χ4n) is 2.38. The van der Waals surface area contributed by atoms with E-state index in [4.69, 9.17) is 14.3 Å². The summed E-state index contributed by atoms with van der Waals surface area (Å²) < 4.78 is 61.4. The van der Waals surface area contributed by atoms with Crippen molar-refractivity contribution in [2.45, 2.75) is 16.6 Å². The fourth-order valence-corrected chi connectivity index (χ4v) is 4.12. The van der Waals surface area contributed by atoms with Crippen LogP contribution in [0.3, 0.4) is 0 Å². The van der Waals surface area contributed by atoms with Gasteiger partial charge in [0.25, 0.3) is 10.0 Å². The Morgan fingerprint density at radius 1 is 1.03 bits per heavy atom. The molecule has 1 heterocycles. The van der Waals surface area contributed by atoms with Gasteiger partial charge in [-0.25, -0.2) is 30.2 Å². The molecule has 0 unspecified atom stereocenters. The number of esters is 1. The van der Waals surface area contributed by atoms with Gasteiger partial charge >= 0.3 is 5.97 Å². The number of hydrogen-bond donors (Lipinski definition) is 2. The highest BCUT2D eigenvalue weighted by molar-refractivity contribution is 7.89. The highest BCUT2D eigenvalue weighted by atomic mass is 32.2. The molecule has 0 aliphatic rings. The Kier molecular flexibility index (Phi) is 7.83. The molecule has 0 fully saturated rings. The standard InChI is InChI=1S/C18H25N3O8S2/c1-20(2)30(24,25)14-6-7-16(19-9-10-22)15(11-14)18(23)28-12-13-5-8-17(29-13)31(26,27)21(3)4/h5-8,11,19,22H,9-10,12H2,1-4H3. The van der Waals surface area contributed by atoms with E-state index in [1.807, 2.05) is 0 Å². The molecule has 1 aromatic carbocycles.